The van der Waals surface area contributed by atoms with Gasteiger partial charge in [-0.25, -0.2) is 19.8 Å². The van der Waals surface area contributed by atoms with Gasteiger partial charge in [0.05, 0.1) is 29.6 Å². The number of hydrogen-bond donors (Lipinski definition) is 3. The van der Waals surface area contributed by atoms with Crippen molar-refractivity contribution in [2.24, 2.45) is 10.7 Å². The summed E-state index contributed by atoms with van der Waals surface area (Å²) in [4.78, 5) is 29.6. The number of nitrogens with zero attached hydrogens (tertiary/aromatic N) is 3. The van der Waals surface area contributed by atoms with Gasteiger partial charge < -0.3 is 11.5 Å². The van der Waals surface area contributed by atoms with Crippen molar-refractivity contribution in [2.45, 2.75) is 32.2 Å². The summed E-state index contributed by atoms with van der Waals surface area (Å²) in [6.07, 6.45) is 1.20. The average molecular weight is 451 g/mol. The Morgan fingerprint density at radius 1 is 1.43 bits per heavy atom. The van der Waals surface area contributed by atoms with E-state index in [0.717, 1.165) is 16.8 Å². The van der Waals surface area contributed by atoms with Gasteiger partial charge in [0.2, 0.25) is 11.9 Å². The first-order chi connectivity index (χ1) is 13.3. The fourth-order valence-corrected chi connectivity index (χ4v) is 3.64. The Balaban J connectivity index is 1.88. The quantitative estimate of drug-likeness (QED) is 0.456. The molecule has 0 saturated carbocycles. The van der Waals surface area contributed by atoms with E-state index in [1.54, 1.807) is 6.07 Å². The molecule has 1 aromatic heterocycles. The second-order valence-electron chi connectivity index (χ2n) is 6.37. The van der Waals surface area contributed by atoms with Gasteiger partial charge in [-0.1, -0.05) is 22.0 Å². The molecule has 10 heteroatoms. The molecular formula is C18H20BrFN6O2. The van der Waals surface area contributed by atoms with Crippen LogP contribution in [0.3, 0.4) is 0 Å². The largest absolute Gasteiger partial charge is 0.370 e. The maximum atomic E-state index is 13.5. The van der Waals surface area contributed by atoms with Crippen molar-refractivity contribution < 1.29 is 14.0 Å². The third-order valence-corrected chi connectivity index (χ3v) is 4.94. The van der Waals surface area contributed by atoms with Gasteiger partial charge in [-0.15, -0.1) is 0 Å². The van der Waals surface area contributed by atoms with Gasteiger partial charge in [0.15, 0.2) is 5.84 Å². The van der Waals surface area contributed by atoms with Crippen LogP contribution in [0.1, 0.15) is 41.4 Å². The van der Waals surface area contributed by atoms with Gasteiger partial charge in [0.1, 0.15) is 5.82 Å². The van der Waals surface area contributed by atoms with E-state index < -0.39 is 0 Å². The molecule has 28 heavy (non-hydrogen) atoms. The minimum absolute atomic E-state index is 0.178. The number of aromatic nitrogens is 2. The zero-order valence-corrected chi connectivity index (χ0v) is 16.8. The molecular weight excluding hydrogens is 431 g/mol. The van der Waals surface area contributed by atoms with Crippen LogP contribution in [0.15, 0.2) is 27.7 Å². The number of nitrogens with one attached hydrogen (secondary N) is 1. The fourth-order valence-electron chi connectivity index (χ4n) is 3.03. The lowest BCUT2D eigenvalue weighted by molar-refractivity contribution is -0.118. The molecule has 2 heterocycles. The maximum absolute atomic E-state index is 13.5. The number of anilines is 1. The Hall–Kier alpha value is -2.59. The van der Waals surface area contributed by atoms with Crippen LogP contribution in [0, 0.1) is 12.7 Å². The zero-order valence-electron chi connectivity index (χ0n) is 15.2. The number of nitrogens with two attached hydrogens (primary N) is 2. The van der Waals surface area contributed by atoms with Crippen LogP contribution in [0.4, 0.5) is 10.3 Å². The molecule has 148 valence electrons. The topological polar surface area (TPSA) is 129 Å². The molecule has 2 aromatic rings. The number of primary amides is 1. The number of hydrogen-bond acceptors (Lipinski definition) is 7. The molecule has 1 aliphatic heterocycles. The smallest absolute Gasteiger partial charge is 0.220 e. The lowest BCUT2D eigenvalue weighted by Crippen LogP contribution is -2.32. The molecule has 0 saturated heterocycles. The molecule has 0 radical (unpaired) electrons. The third kappa shape index (κ3) is 4.63. The molecule has 1 amide bonds. The molecule has 1 aliphatic rings. The van der Waals surface area contributed by atoms with E-state index >= 15 is 0 Å². The first-order valence-electron chi connectivity index (χ1n) is 8.67. The predicted octanol–water partition coefficient (Wildman–Crippen LogP) is 2.10. The Morgan fingerprint density at radius 3 is 2.93 bits per heavy atom. The number of benzene rings is 1. The summed E-state index contributed by atoms with van der Waals surface area (Å²) in [6, 6.07) is 4.15. The summed E-state index contributed by atoms with van der Waals surface area (Å²) in [6.45, 7) is 2.09. The first-order valence-corrected chi connectivity index (χ1v) is 9.46. The number of halogens is 2. The highest BCUT2D eigenvalue weighted by Crippen LogP contribution is 2.34. The number of aliphatic imine (C=N–C) groups is 1. The van der Waals surface area contributed by atoms with Gasteiger partial charge in [0.25, 0.3) is 0 Å². The second-order valence-corrected chi connectivity index (χ2v) is 7.23. The van der Waals surface area contributed by atoms with E-state index in [-0.39, 0.29) is 36.7 Å². The van der Waals surface area contributed by atoms with E-state index in [4.69, 9.17) is 21.3 Å². The van der Waals surface area contributed by atoms with Crippen LogP contribution in [-0.4, -0.2) is 28.3 Å². The number of aryl methyl sites for hydroxylation is 1. The molecule has 8 nitrogen and oxygen atoms in total. The SMILES string of the molecule is Cc1nc(N)nc2c1C(NOCCCC(N)=O)=NC(c1ccc(F)cc1Br)C2. The molecule has 3 rings (SSSR count). The molecule has 1 atom stereocenters. The zero-order chi connectivity index (χ0) is 20.3. The van der Waals surface area contributed by atoms with E-state index in [0.29, 0.717) is 28.8 Å². The van der Waals surface area contributed by atoms with E-state index in [1.165, 1.54) is 12.1 Å². The van der Waals surface area contributed by atoms with Gasteiger partial charge in [-0.2, -0.15) is 0 Å². The average Bonchev–Trinajstić information content (AvgIpc) is 2.60. The highest BCUT2D eigenvalue weighted by Gasteiger charge is 2.27. The lowest BCUT2D eigenvalue weighted by atomic mass is 9.95. The summed E-state index contributed by atoms with van der Waals surface area (Å²) in [5.41, 5.74) is 16.7. The van der Waals surface area contributed by atoms with Crippen molar-refractivity contribution in [2.75, 3.05) is 12.3 Å². The number of hydroxylamine groups is 1. The fraction of sp³-hybridized carbons (Fsp3) is 0.333. The summed E-state index contributed by atoms with van der Waals surface area (Å²) in [5, 5.41) is 0. The highest BCUT2D eigenvalue weighted by molar-refractivity contribution is 9.10. The van der Waals surface area contributed by atoms with Crippen molar-refractivity contribution in [1.82, 2.24) is 15.4 Å². The van der Waals surface area contributed by atoms with Crippen molar-refractivity contribution in [3.8, 4) is 0 Å². The van der Waals surface area contributed by atoms with Crippen molar-refractivity contribution >= 4 is 33.6 Å². The number of rotatable bonds is 6. The molecule has 1 aromatic carbocycles. The molecule has 1 unspecified atom stereocenters. The van der Waals surface area contributed by atoms with Gasteiger partial charge in [-0.05, 0) is 31.0 Å². The number of amidine groups is 1. The second kappa shape index (κ2) is 8.61. The van der Waals surface area contributed by atoms with E-state index in [9.17, 15) is 9.18 Å². The van der Waals surface area contributed by atoms with Gasteiger partial charge in [0, 0.05) is 17.3 Å². The first kappa shape index (κ1) is 20.2. The third-order valence-electron chi connectivity index (χ3n) is 4.25. The van der Waals surface area contributed by atoms with Crippen LogP contribution in [0.5, 0.6) is 0 Å². The van der Waals surface area contributed by atoms with Crippen LogP contribution >= 0.6 is 15.9 Å². The Morgan fingerprint density at radius 2 is 2.21 bits per heavy atom. The van der Waals surface area contributed by atoms with Crippen LogP contribution in [0.2, 0.25) is 0 Å². The summed E-state index contributed by atoms with van der Waals surface area (Å²) in [5.74, 6) is -0.0879. The Kier molecular flexibility index (Phi) is 6.20. The standard InChI is InChI=1S/C18H20BrFN6O2/c1-9-16-14(25-18(22)23-9)8-13(11-5-4-10(20)7-12(11)19)24-17(16)26-28-6-2-3-15(21)27/h4-5,7,13H,2-3,6,8H2,1H3,(H2,21,27)(H,24,26)(H2,22,23,25). The molecule has 0 spiro atoms. The Labute approximate surface area is 169 Å². The number of nitrogen functional groups attached to an aromatic ring is 1. The highest BCUT2D eigenvalue weighted by atomic mass is 79.9. The minimum Gasteiger partial charge on any atom is -0.370 e. The van der Waals surface area contributed by atoms with Crippen molar-refractivity contribution in [3.63, 3.8) is 0 Å². The molecule has 0 bridgehead atoms. The maximum Gasteiger partial charge on any atom is 0.220 e. The number of fused-ring (bicyclic) bond motifs is 1. The summed E-state index contributed by atoms with van der Waals surface area (Å²) >= 11 is 3.40. The monoisotopic (exact) mass is 450 g/mol. The minimum atomic E-state index is -0.384. The molecule has 0 fully saturated rings. The summed E-state index contributed by atoms with van der Waals surface area (Å²) < 4.78 is 14.1. The van der Waals surface area contributed by atoms with Crippen molar-refractivity contribution in [3.05, 3.63) is 51.0 Å². The normalized spacial score (nSPS) is 15.7. The van der Waals surface area contributed by atoms with Gasteiger partial charge in [-0.3, -0.25) is 14.6 Å². The number of carbonyl (C=O) groups is 1. The summed E-state index contributed by atoms with van der Waals surface area (Å²) in [7, 11) is 0. The molecule has 0 aliphatic carbocycles. The number of amides is 1. The Bertz CT molecular complexity index is 937. The van der Waals surface area contributed by atoms with E-state index in [2.05, 4.69) is 31.4 Å². The predicted molar refractivity (Wildman–Crippen MR) is 106 cm³/mol. The van der Waals surface area contributed by atoms with Crippen LogP contribution < -0.4 is 16.9 Å². The van der Waals surface area contributed by atoms with Crippen LogP contribution in [0.25, 0.3) is 0 Å². The molecule has 5 N–H and O–H groups in total. The van der Waals surface area contributed by atoms with Crippen molar-refractivity contribution in [1.29, 1.82) is 0 Å². The lowest BCUT2D eigenvalue weighted by Gasteiger charge is -2.25. The number of carbonyl (C=O) groups excluding carboxylic acids is 1. The van der Waals surface area contributed by atoms with E-state index in [1.807, 2.05) is 6.92 Å². The van der Waals surface area contributed by atoms with Gasteiger partial charge >= 0.3 is 0 Å². The van der Waals surface area contributed by atoms with Crippen LogP contribution in [-0.2, 0) is 16.1 Å².